The zero-order chi connectivity index (χ0) is 21.5. The summed E-state index contributed by atoms with van der Waals surface area (Å²) in [4.78, 5) is 4.34. The third-order valence-corrected chi connectivity index (χ3v) is 5.29. The first-order valence-electron chi connectivity index (χ1n) is 10.2. The first-order chi connectivity index (χ1) is 15.2. The maximum absolute atomic E-state index is 6.05. The molecular formula is C22H25ClN8. The van der Waals surface area contributed by atoms with Crippen molar-refractivity contribution in [1.29, 1.82) is 0 Å². The van der Waals surface area contributed by atoms with Gasteiger partial charge in [0.25, 0.3) is 0 Å². The molecule has 2 N–H and O–H groups in total. The SMILES string of the molecule is CN=C(NCCCc1nnc2ccccn12)NCC(c1ccc(Cl)cc1)n1cccn1. The Morgan fingerprint density at radius 3 is 2.71 bits per heavy atom. The molecule has 3 heterocycles. The molecule has 0 fully saturated rings. The molecule has 0 aliphatic carbocycles. The highest BCUT2D eigenvalue weighted by atomic mass is 35.5. The van der Waals surface area contributed by atoms with Crippen LogP contribution in [-0.4, -0.2) is 50.5 Å². The molecule has 0 aliphatic rings. The maximum Gasteiger partial charge on any atom is 0.191 e. The van der Waals surface area contributed by atoms with Gasteiger partial charge in [-0.1, -0.05) is 29.8 Å². The Morgan fingerprint density at radius 1 is 1.06 bits per heavy atom. The maximum atomic E-state index is 6.05. The van der Waals surface area contributed by atoms with Crippen LogP contribution >= 0.6 is 11.6 Å². The van der Waals surface area contributed by atoms with Gasteiger partial charge in [0.05, 0.1) is 6.04 Å². The lowest BCUT2D eigenvalue weighted by molar-refractivity contribution is 0.510. The van der Waals surface area contributed by atoms with Crippen LogP contribution in [0.3, 0.4) is 0 Å². The lowest BCUT2D eigenvalue weighted by Crippen LogP contribution is -2.41. The van der Waals surface area contributed by atoms with Crippen LogP contribution in [0.25, 0.3) is 5.65 Å². The fourth-order valence-electron chi connectivity index (χ4n) is 3.44. The number of hydrogen-bond acceptors (Lipinski definition) is 4. The highest BCUT2D eigenvalue weighted by Crippen LogP contribution is 2.19. The van der Waals surface area contributed by atoms with Gasteiger partial charge >= 0.3 is 0 Å². The predicted molar refractivity (Wildman–Crippen MR) is 122 cm³/mol. The molecule has 4 aromatic rings. The summed E-state index contributed by atoms with van der Waals surface area (Å²) in [6.45, 7) is 1.41. The first kappa shape index (κ1) is 20.9. The number of rotatable bonds is 8. The Kier molecular flexibility index (Phi) is 6.78. The highest BCUT2D eigenvalue weighted by molar-refractivity contribution is 6.30. The van der Waals surface area contributed by atoms with Crippen molar-refractivity contribution in [3.63, 3.8) is 0 Å². The van der Waals surface area contributed by atoms with Crippen molar-refractivity contribution in [2.45, 2.75) is 18.9 Å². The Hall–Kier alpha value is -3.39. The summed E-state index contributed by atoms with van der Waals surface area (Å²) in [5.41, 5.74) is 1.99. The molecule has 1 unspecified atom stereocenters. The van der Waals surface area contributed by atoms with Crippen molar-refractivity contribution in [3.05, 3.63) is 83.5 Å². The summed E-state index contributed by atoms with van der Waals surface area (Å²) in [5, 5.41) is 20.4. The van der Waals surface area contributed by atoms with E-state index in [0.29, 0.717) is 11.6 Å². The average Bonchev–Trinajstić information content (AvgIpc) is 3.47. The molecule has 1 atom stereocenters. The normalized spacial score (nSPS) is 12.8. The van der Waals surface area contributed by atoms with Crippen molar-refractivity contribution in [3.8, 4) is 0 Å². The number of fused-ring (bicyclic) bond motifs is 1. The molecule has 0 aliphatic heterocycles. The second-order valence-corrected chi connectivity index (χ2v) is 7.52. The van der Waals surface area contributed by atoms with Crippen LogP contribution in [0.5, 0.6) is 0 Å². The van der Waals surface area contributed by atoms with Crippen molar-refractivity contribution in [2.75, 3.05) is 20.1 Å². The van der Waals surface area contributed by atoms with Crippen molar-refractivity contribution in [2.24, 2.45) is 4.99 Å². The summed E-state index contributed by atoms with van der Waals surface area (Å²) in [6.07, 6.45) is 7.47. The fourth-order valence-corrected chi connectivity index (χ4v) is 3.57. The largest absolute Gasteiger partial charge is 0.356 e. The van der Waals surface area contributed by atoms with E-state index < -0.39 is 0 Å². The molecule has 3 aromatic heterocycles. The van der Waals surface area contributed by atoms with Crippen LogP contribution in [0.1, 0.15) is 23.9 Å². The number of hydrogen-bond donors (Lipinski definition) is 2. The predicted octanol–water partition coefficient (Wildman–Crippen LogP) is 2.97. The standard InChI is InChI=1S/C22H25ClN8/c1-24-22(25-12-4-7-21-29-28-20-6-2-3-14-30(20)21)26-16-19(31-15-5-13-27-31)17-8-10-18(23)11-9-17/h2-3,5-6,8-11,13-15,19H,4,7,12,16H2,1H3,(H2,24,25,26). The molecule has 4 rings (SSSR count). The first-order valence-corrected chi connectivity index (χ1v) is 10.6. The van der Waals surface area contributed by atoms with E-state index in [-0.39, 0.29) is 6.04 Å². The minimum absolute atomic E-state index is 0.0215. The van der Waals surface area contributed by atoms with E-state index in [2.05, 4.69) is 30.9 Å². The van der Waals surface area contributed by atoms with Crippen LogP contribution in [0.15, 0.2) is 72.1 Å². The molecule has 0 saturated heterocycles. The molecule has 8 nitrogen and oxygen atoms in total. The molecule has 0 bridgehead atoms. The van der Waals surface area contributed by atoms with Gasteiger partial charge in [-0.2, -0.15) is 5.10 Å². The zero-order valence-electron chi connectivity index (χ0n) is 17.3. The summed E-state index contributed by atoms with van der Waals surface area (Å²) in [7, 11) is 1.77. The molecule has 0 saturated carbocycles. The third kappa shape index (κ3) is 5.21. The number of nitrogens with zero attached hydrogens (tertiary/aromatic N) is 6. The molecular weight excluding hydrogens is 412 g/mol. The molecule has 160 valence electrons. The van der Waals surface area contributed by atoms with E-state index >= 15 is 0 Å². The van der Waals surface area contributed by atoms with E-state index in [1.807, 2.05) is 70.0 Å². The van der Waals surface area contributed by atoms with E-state index in [1.54, 1.807) is 13.2 Å². The van der Waals surface area contributed by atoms with Gasteiger partial charge in [-0.05, 0) is 42.3 Å². The van der Waals surface area contributed by atoms with Crippen LogP contribution in [0.2, 0.25) is 5.02 Å². The third-order valence-electron chi connectivity index (χ3n) is 5.04. The molecule has 9 heteroatoms. The van der Waals surface area contributed by atoms with Crippen LogP contribution < -0.4 is 10.6 Å². The van der Waals surface area contributed by atoms with Gasteiger partial charge in [-0.25, -0.2) is 0 Å². The molecule has 1 aromatic carbocycles. The monoisotopic (exact) mass is 436 g/mol. The quantitative estimate of drug-likeness (QED) is 0.252. The van der Waals surface area contributed by atoms with Gasteiger partial charge in [0.15, 0.2) is 11.6 Å². The van der Waals surface area contributed by atoms with Gasteiger partial charge in [-0.3, -0.25) is 14.1 Å². The topological polar surface area (TPSA) is 84.4 Å². The smallest absolute Gasteiger partial charge is 0.191 e. The van der Waals surface area contributed by atoms with Crippen molar-refractivity contribution < 1.29 is 0 Å². The highest BCUT2D eigenvalue weighted by Gasteiger charge is 2.15. The van der Waals surface area contributed by atoms with Gasteiger partial charge in [0.2, 0.25) is 0 Å². The van der Waals surface area contributed by atoms with E-state index in [4.69, 9.17) is 11.6 Å². The lowest BCUT2D eigenvalue weighted by atomic mass is 10.1. The molecule has 0 amide bonds. The number of benzene rings is 1. The second kappa shape index (κ2) is 10.1. The van der Waals surface area contributed by atoms with Crippen LogP contribution in [0, 0.1) is 0 Å². The summed E-state index contributed by atoms with van der Waals surface area (Å²) >= 11 is 6.05. The van der Waals surface area contributed by atoms with Gasteiger partial charge in [-0.15, -0.1) is 10.2 Å². The summed E-state index contributed by atoms with van der Waals surface area (Å²) < 4.78 is 3.95. The summed E-state index contributed by atoms with van der Waals surface area (Å²) in [6, 6.07) is 15.7. The van der Waals surface area contributed by atoms with Gasteiger partial charge in [0, 0.05) is 50.2 Å². The number of nitrogens with one attached hydrogen (secondary N) is 2. The Morgan fingerprint density at radius 2 is 1.94 bits per heavy atom. The number of pyridine rings is 1. The van der Waals surface area contributed by atoms with Crippen molar-refractivity contribution in [1.82, 2.24) is 35.0 Å². The Bertz CT molecular complexity index is 1120. The lowest BCUT2D eigenvalue weighted by Gasteiger charge is -2.20. The Labute approximate surface area is 186 Å². The Balaban J connectivity index is 1.31. The van der Waals surface area contributed by atoms with Crippen LogP contribution in [0.4, 0.5) is 0 Å². The average molecular weight is 437 g/mol. The molecule has 0 spiro atoms. The summed E-state index contributed by atoms with van der Waals surface area (Å²) in [5.74, 6) is 1.71. The van der Waals surface area contributed by atoms with Gasteiger partial charge in [0.1, 0.15) is 5.82 Å². The number of halogens is 1. The van der Waals surface area contributed by atoms with E-state index in [1.165, 1.54) is 0 Å². The zero-order valence-corrected chi connectivity index (χ0v) is 18.1. The van der Waals surface area contributed by atoms with Crippen LogP contribution in [-0.2, 0) is 6.42 Å². The van der Waals surface area contributed by atoms with Crippen molar-refractivity contribution >= 4 is 23.2 Å². The number of aliphatic imine (C=N–C) groups is 1. The fraction of sp³-hybridized carbons (Fsp3) is 0.273. The number of aryl methyl sites for hydroxylation is 1. The van der Waals surface area contributed by atoms with Gasteiger partial charge < -0.3 is 10.6 Å². The minimum Gasteiger partial charge on any atom is -0.356 e. The number of guanidine groups is 1. The van der Waals surface area contributed by atoms with E-state index in [0.717, 1.165) is 42.4 Å². The minimum atomic E-state index is 0.0215. The van der Waals surface area contributed by atoms with E-state index in [9.17, 15) is 0 Å². The molecule has 31 heavy (non-hydrogen) atoms. The molecule has 0 radical (unpaired) electrons. The number of aromatic nitrogens is 5. The second-order valence-electron chi connectivity index (χ2n) is 7.08.